The molecule has 0 bridgehead atoms. The molecular weight excluding hydrogens is 244 g/mol. The maximum Gasteiger partial charge on any atom is 0.173 e. The Morgan fingerprint density at radius 2 is 2.21 bits per heavy atom. The van der Waals surface area contributed by atoms with Crippen LogP contribution in [0.1, 0.15) is 29.7 Å². The molecule has 4 N–H and O–H groups in total. The molecular formula is C13H20N4O2. The first kappa shape index (κ1) is 13.6. The van der Waals surface area contributed by atoms with Crippen LogP contribution in [0.4, 0.5) is 5.82 Å². The van der Waals surface area contributed by atoms with Crippen LogP contribution in [0.5, 0.6) is 0 Å². The van der Waals surface area contributed by atoms with E-state index in [1.807, 2.05) is 18.0 Å². The molecule has 0 saturated heterocycles. The molecule has 0 unspecified atom stereocenters. The normalized spacial score (nSPS) is 15.2. The van der Waals surface area contributed by atoms with E-state index >= 15 is 0 Å². The number of nitrogens with two attached hydrogens (primary N) is 1. The Balaban J connectivity index is 2.48. The molecule has 1 aliphatic rings. The van der Waals surface area contributed by atoms with Gasteiger partial charge in [-0.2, -0.15) is 0 Å². The number of anilines is 1. The van der Waals surface area contributed by atoms with E-state index in [-0.39, 0.29) is 12.4 Å². The first-order chi connectivity index (χ1) is 9.17. The molecule has 6 nitrogen and oxygen atoms in total. The number of rotatable bonds is 4. The van der Waals surface area contributed by atoms with E-state index < -0.39 is 0 Å². The van der Waals surface area contributed by atoms with E-state index in [0.29, 0.717) is 17.9 Å². The summed E-state index contributed by atoms with van der Waals surface area (Å²) in [5.41, 5.74) is 8.62. The lowest BCUT2D eigenvalue weighted by Crippen LogP contribution is -2.28. The Morgan fingerprint density at radius 1 is 1.47 bits per heavy atom. The molecule has 2 rings (SSSR count). The fourth-order valence-electron chi connectivity index (χ4n) is 2.41. The minimum absolute atomic E-state index is 0.0326. The van der Waals surface area contributed by atoms with Crippen molar-refractivity contribution >= 4 is 11.7 Å². The molecule has 0 saturated carbocycles. The molecule has 6 heteroatoms. The SMILES string of the molecule is CN(CCO)c1nc2c(cc1C(N)=NO)CCCC2. The summed E-state index contributed by atoms with van der Waals surface area (Å²) in [6, 6.07) is 1.96. The number of amidine groups is 1. The number of nitrogens with zero attached hydrogens (tertiary/aromatic N) is 3. The van der Waals surface area contributed by atoms with Crippen molar-refractivity contribution in [2.75, 3.05) is 25.1 Å². The van der Waals surface area contributed by atoms with Crippen LogP contribution in [-0.2, 0) is 12.8 Å². The fraction of sp³-hybridized carbons (Fsp3) is 0.538. The smallest absolute Gasteiger partial charge is 0.173 e. The van der Waals surface area contributed by atoms with Gasteiger partial charge >= 0.3 is 0 Å². The van der Waals surface area contributed by atoms with Crippen LogP contribution in [0.15, 0.2) is 11.2 Å². The van der Waals surface area contributed by atoms with E-state index in [2.05, 4.69) is 10.1 Å². The van der Waals surface area contributed by atoms with Crippen molar-refractivity contribution in [3.05, 3.63) is 22.9 Å². The minimum atomic E-state index is 0.0326. The highest BCUT2D eigenvalue weighted by atomic mass is 16.4. The van der Waals surface area contributed by atoms with Crippen LogP contribution in [0, 0.1) is 0 Å². The molecule has 104 valence electrons. The van der Waals surface area contributed by atoms with Gasteiger partial charge < -0.3 is 20.9 Å². The predicted octanol–water partition coefficient (Wildman–Crippen LogP) is 0.483. The van der Waals surface area contributed by atoms with Crippen molar-refractivity contribution in [1.29, 1.82) is 0 Å². The van der Waals surface area contributed by atoms with Crippen molar-refractivity contribution in [3.8, 4) is 0 Å². The molecule has 1 aromatic rings. The van der Waals surface area contributed by atoms with Gasteiger partial charge in [-0.25, -0.2) is 4.98 Å². The second-order valence-corrected chi connectivity index (χ2v) is 4.80. The van der Waals surface area contributed by atoms with Crippen molar-refractivity contribution in [2.45, 2.75) is 25.7 Å². The zero-order valence-electron chi connectivity index (χ0n) is 11.1. The fourth-order valence-corrected chi connectivity index (χ4v) is 2.41. The third-order valence-electron chi connectivity index (χ3n) is 3.46. The minimum Gasteiger partial charge on any atom is -0.409 e. The quantitative estimate of drug-likeness (QED) is 0.318. The zero-order valence-corrected chi connectivity index (χ0v) is 11.1. The van der Waals surface area contributed by atoms with E-state index in [9.17, 15) is 0 Å². The number of likely N-dealkylation sites (N-methyl/N-ethyl adjacent to an activating group) is 1. The monoisotopic (exact) mass is 264 g/mol. The van der Waals surface area contributed by atoms with Crippen LogP contribution < -0.4 is 10.6 Å². The number of aliphatic hydroxyl groups excluding tert-OH is 1. The summed E-state index contributed by atoms with van der Waals surface area (Å²) in [5, 5.41) is 21.0. The lowest BCUT2D eigenvalue weighted by molar-refractivity contribution is 0.303. The Morgan fingerprint density at radius 3 is 2.89 bits per heavy atom. The average molecular weight is 264 g/mol. The number of fused-ring (bicyclic) bond motifs is 1. The van der Waals surface area contributed by atoms with Crippen LogP contribution >= 0.6 is 0 Å². The molecule has 0 amide bonds. The summed E-state index contributed by atoms with van der Waals surface area (Å²) >= 11 is 0. The van der Waals surface area contributed by atoms with E-state index in [0.717, 1.165) is 31.4 Å². The number of hydrogen-bond donors (Lipinski definition) is 3. The maximum absolute atomic E-state index is 9.04. The predicted molar refractivity (Wildman–Crippen MR) is 73.7 cm³/mol. The number of hydrogen-bond acceptors (Lipinski definition) is 5. The molecule has 1 heterocycles. The lowest BCUT2D eigenvalue weighted by atomic mass is 9.94. The van der Waals surface area contributed by atoms with Gasteiger partial charge in [-0.15, -0.1) is 0 Å². The zero-order chi connectivity index (χ0) is 13.8. The van der Waals surface area contributed by atoms with Crippen LogP contribution in [0.3, 0.4) is 0 Å². The highest BCUT2D eigenvalue weighted by Gasteiger charge is 2.19. The molecule has 0 fully saturated rings. The van der Waals surface area contributed by atoms with E-state index in [4.69, 9.17) is 16.0 Å². The van der Waals surface area contributed by atoms with E-state index in [1.165, 1.54) is 5.56 Å². The van der Waals surface area contributed by atoms with Crippen LogP contribution in [0.2, 0.25) is 0 Å². The van der Waals surface area contributed by atoms with Crippen LogP contribution in [0.25, 0.3) is 0 Å². The number of pyridine rings is 1. The highest BCUT2D eigenvalue weighted by Crippen LogP contribution is 2.26. The van der Waals surface area contributed by atoms with Crippen molar-refractivity contribution in [3.63, 3.8) is 0 Å². The number of aryl methyl sites for hydroxylation is 2. The van der Waals surface area contributed by atoms with Gasteiger partial charge in [0.15, 0.2) is 5.84 Å². The molecule has 0 aromatic carbocycles. The molecule has 0 spiro atoms. The first-order valence-corrected chi connectivity index (χ1v) is 6.50. The lowest BCUT2D eigenvalue weighted by Gasteiger charge is -2.24. The molecule has 0 aliphatic heterocycles. The van der Waals surface area contributed by atoms with Crippen molar-refractivity contribution in [1.82, 2.24) is 4.98 Å². The van der Waals surface area contributed by atoms with Gasteiger partial charge in [0, 0.05) is 19.3 Å². The average Bonchev–Trinajstić information content (AvgIpc) is 2.45. The standard InChI is InChI=1S/C13H20N4O2/c1-17(6-7-18)13-10(12(14)16-19)8-9-4-2-3-5-11(9)15-13/h8,18-19H,2-7H2,1H3,(H2,14,16). The van der Waals surface area contributed by atoms with Crippen molar-refractivity contribution < 1.29 is 10.3 Å². The number of aromatic nitrogens is 1. The Kier molecular flexibility index (Phi) is 4.21. The van der Waals surface area contributed by atoms with Crippen molar-refractivity contribution in [2.24, 2.45) is 10.9 Å². The van der Waals surface area contributed by atoms with Gasteiger partial charge in [0.2, 0.25) is 0 Å². The summed E-state index contributed by atoms with van der Waals surface area (Å²) in [6.07, 6.45) is 4.24. The molecule has 1 aromatic heterocycles. The second kappa shape index (κ2) is 5.88. The third kappa shape index (κ3) is 2.78. The third-order valence-corrected chi connectivity index (χ3v) is 3.46. The highest BCUT2D eigenvalue weighted by molar-refractivity contribution is 6.01. The summed E-state index contributed by atoms with van der Waals surface area (Å²) < 4.78 is 0. The molecule has 19 heavy (non-hydrogen) atoms. The van der Waals surface area contributed by atoms with Gasteiger partial charge in [0.1, 0.15) is 5.82 Å². The molecule has 0 atom stereocenters. The maximum atomic E-state index is 9.04. The van der Waals surface area contributed by atoms with Gasteiger partial charge in [-0.05, 0) is 37.3 Å². The van der Waals surface area contributed by atoms with Gasteiger partial charge in [-0.1, -0.05) is 5.16 Å². The largest absolute Gasteiger partial charge is 0.409 e. The van der Waals surface area contributed by atoms with Gasteiger partial charge in [-0.3, -0.25) is 0 Å². The summed E-state index contributed by atoms with van der Waals surface area (Å²) in [6.45, 7) is 0.488. The topological polar surface area (TPSA) is 95.0 Å². The van der Waals surface area contributed by atoms with Gasteiger partial charge in [0.25, 0.3) is 0 Å². The molecule has 0 radical (unpaired) electrons. The van der Waals surface area contributed by atoms with Gasteiger partial charge in [0.05, 0.1) is 12.2 Å². The summed E-state index contributed by atoms with van der Waals surface area (Å²) in [5.74, 6) is 0.714. The summed E-state index contributed by atoms with van der Waals surface area (Å²) in [4.78, 5) is 6.47. The second-order valence-electron chi connectivity index (χ2n) is 4.80. The number of oxime groups is 1. The Labute approximate surface area is 112 Å². The first-order valence-electron chi connectivity index (χ1n) is 6.50. The Hall–Kier alpha value is -1.82. The van der Waals surface area contributed by atoms with Crippen LogP contribution in [-0.4, -0.2) is 41.3 Å². The molecule has 1 aliphatic carbocycles. The van der Waals surface area contributed by atoms with E-state index in [1.54, 1.807) is 0 Å². The number of aliphatic hydroxyl groups is 1. The Bertz CT molecular complexity index is 488. The summed E-state index contributed by atoms with van der Waals surface area (Å²) in [7, 11) is 1.84.